The van der Waals surface area contributed by atoms with Gasteiger partial charge in [-0.1, -0.05) is 29.8 Å². The number of nitrogens with zero attached hydrogens (tertiary/aromatic N) is 3. The van der Waals surface area contributed by atoms with E-state index in [0.717, 1.165) is 11.1 Å². The van der Waals surface area contributed by atoms with Gasteiger partial charge in [0, 0.05) is 16.3 Å². The molecule has 2 heterocycles. The first-order chi connectivity index (χ1) is 15.4. The van der Waals surface area contributed by atoms with Crippen molar-refractivity contribution in [2.75, 3.05) is 11.9 Å². The smallest absolute Gasteiger partial charge is 0.248 e. The Morgan fingerprint density at radius 1 is 1.31 bits per heavy atom. The van der Waals surface area contributed by atoms with E-state index in [0.29, 0.717) is 44.8 Å². The molecule has 4 rings (SSSR count). The topological polar surface area (TPSA) is 104 Å². The molecule has 3 N–H and O–H groups in total. The van der Waals surface area contributed by atoms with Crippen molar-refractivity contribution in [1.82, 2.24) is 14.8 Å². The van der Waals surface area contributed by atoms with Crippen molar-refractivity contribution in [3.8, 4) is 11.5 Å². The fourth-order valence-electron chi connectivity index (χ4n) is 3.63. The minimum atomic E-state index is -0.570. The maximum atomic E-state index is 12.3. The van der Waals surface area contributed by atoms with Gasteiger partial charge in [0.05, 0.1) is 16.7 Å². The number of ether oxygens (including phenoxy) is 2. The first-order valence-electron chi connectivity index (χ1n) is 9.90. The molecule has 0 bridgehead atoms. The SMILES string of the molecule is CCOc1cc(C2C(C(N)=O)=C(C)Nc3ncnn32)cc(Br)c1OCc1ccccc1Cl. The number of fused-ring (bicyclic) bond motifs is 1. The van der Waals surface area contributed by atoms with Crippen molar-refractivity contribution >= 4 is 39.4 Å². The van der Waals surface area contributed by atoms with E-state index in [4.69, 9.17) is 26.8 Å². The molecule has 10 heteroatoms. The summed E-state index contributed by atoms with van der Waals surface area (Å²) in [6, 6.07) is 10.6. The summed E-state index contributed by atoms with van der Waals surface area (Å²) in [6.07, 6.45) is 1.42. The molecule has 0 aliphatic carbocycles. The van der Waals surface area contributed by atoms with E-state index in [-0.39, 0.29) is 6.61 Å². The number of halogens is 2. The first kappa shape index (κ1) is 22.2. The molecule has 32 heavy (non-hydrogen) atoms. The number of nitrogens with two attached hydrogens (primary N) is 1. The van der Waals surface area contributed by atoms with Crippen LogP contribution >= 0.6 is 27.5 Å². The summed E-state index contributed by atoms with van der Waals surface area (Å²) < 4.78 is 14.2. The number of nitrogens with one attached hydrogen (secondary N) is 1. The molecule has 0 radical (unpaired) electrons. The molecule has 2 aromatic carbocycles. The van der Waals surface area contributed by atoms with Crippen LogP contribution in [0.4, 0.5) is 5.95 Å². The predicted octanol–water partition coefficient (Wildman–Crippen LogP) is 4.45. The Balaban J connectivity index is 1.76. The number of hydrogen-bond donors (Lipinski definition) is 2. The van der Waals surface area contributed by atoms with Gasteiger partial charge in [0.1, 0.15) is 19.0 Å². The van der Waals surface area contributed by atoms with E-state index in [9.17, 15) is 4.79 Å². The number of rotatable bonds is 7. The zero-order valence-corrected chi connectivity index (χ0v) is 19.8. The molecule has 1 atom stereocenters. The van der Waals surface area contributed by atoms with Gasteiger partial charge in [0.15, 0.2) is 11.5 Å². The fraction of sp³-hybridized carbons (Fsp3) is 0.227. The second kappa shape index (κ2) is 9.22. The molecule has 8 nitrogen and oxygen atoms in total. The summed E-state index contributed by atoms with van der Waals surface area (Å²) in [5, 5.41) is 7.99. The Bertz CT molecular complexity index is 1210. The summed E-state index contributed by atoms with van der Waals surface area (Å²) in [5.74, 6) is 1.02. The monoisotopic (exact) mass is 517 g/mol. The molecule has 0 spiro atoms. The Morgan fingerprint density at radius 2 is 2.09 bits per heavy atom. The number of amides is 1. The van der Waals surface area contributed by atoms with E-state index in [2.05, 4.69) is 31.3 Å². The highest BCUT2D eigenvalue weighted by molar-refractivity contribution is 9.10. The minimum Gasteiger partial charge on any atom is -0.490 e. The van der Waals surface area contributed by atoms with E-state index in [1.54, 1.807) is 11.6 Å². The number of benzene rings is 2. The number of aromatic nitrogens is 3. The average Bonchev–Trinajstić information content (AvgIpc) is 3.21. The van der Waals surface area contributed by atoms with Crippen molar-refractivity contribution in [2.45, 2.75) is 26.5 Å². The quantitative estimate of drug-likeness (QED) is 0.479. The molecule has 0 saturated carbocycles. The zero-order chi connectivity index (χ0) is 22.8. The highest BCUT2D eigenvalue weighted by Crippen LogP contribution is 2.43. The highest BCUT2D eigenvalue weighted by atomic mass is 79.9. The van der Waals surface area contributed by atoms with Crippen LogP contribution in [0.1, 0.15) is 31.0 Å². The Morgan fingerprint density at radius 3 is 2.81 bits per heavy atom. The fourth-order valence-corrected chi connectivity index (χ4v) is 4.40. The number of allylic oxidation sites excluding steroid dienone is 1. The number of carbonyl (C=O) groups excluding carboxylic acids is 1. The van der Waals surface area contributed by atoms with Gasteiger partial charge in [-0.3, -0.25) is 4.79 Å². The van der Waals surface area contributed by atoms with Gasteiger partial charge in [0.25, 0.3) is 0 Å². The molecule has 3 aromatic rings. The Kier molecular flexibility index (Phi) is 6.38. The molecule has 1 aliphatic heterocycles. The van der Waals surface area contributed by atoms with Gasteiger partial charge >= 0.3 is 0 Å². The normalized spacial score (nSPS) is 15.2. The van der Waals surface area contributed by atoms with Crippen LogP contribution in [0, 0.1) is 0 Å². The van der Waals surface area contributed by atoms with Crippen LogP contribution in [-0.4, -0.2) is 27.3 Å². The van der Waals surface area contributed by atoms with Gasteiger partial charge < -0.3 is 20.5 Å². The molecule has 0 saturated heterocycles. The predicted molar refractivity (Wildman–Crippen MR) is 125 cm³/mol. The molecule has 1 aliphatic rings. The van der Waals surface area contributed by atoms with Crippen LogP contribution in [0.3, 0.4) is 0 Å². The highest BCUT2D eigenvalue weighted by Gasteiger charge is 2.33. The van der Waals surface area contributed by atoms with Gasteiger partial charge in [-0.15, -0.1) is 0 Å². The number of hydrogen-bond acceptors (Lipinski definition) is 6. The third-order valence-electron chi connectivity index (χ3n) is 5.04. The maximum Gasteiger partial charge on any atom is 0.248 e. The van der Waals surface area contributed by atoms with E-state index in [1.807, 2.05) is 43.3 Å². The van der Waals surface area contributed by atoms with Crippen LogP contribution in [-0.2, 0) is 11.4 Å². The van der Waals surface area contributed by atoms with E-state index >= 15 is 0 Å². The molecule has 1 aromatic heterocycles. The van der Waals surface area contributed by atoms with Gasteiger partial charge in [-0.25, -0.2) is 4.68 Å². The van der Waals surface area contributed by atoms with Crippen molar-refractivity contribution in [1.29, 1.82) is 0 Å². The molecular weight excluding hydrogens is 498 g/mol. The van der Waals surface area contributed by atoms with Crippen LogP contribution in [0.5, 0.6) is 11.5 Å². The summed E-state index contributed by atoms with van der Waals surface area (Å²) in [7, 11) is 0. The van der Waals surface area contributed by atoms with Crippen molar-refractivity contribution in [3.05, 3.63) is 74.6 Å². The second-order valence-corrected chi connectivity index (χ2v) is 8.36. The molecular formula is C22H21BrClN5O3. The molecule has 0 fully saturated rings. The molecule has 166 valence electrons. The van der Waals surface area contributed by atoms with Crippen molar-refractivity contribution in [3.63, 3.8) is 0 Å². The van der Waals surface area contributed by atoms with Crippen molar-refractivity contribution in [2.24, 2.45) is 5.73 Å². The largest absolute Gasteiger partial charge is 0.490 e. The third kappa shape index (κ3) is 4.18. The van der Waals surface area contributed by atoms with E-state index < -0.39 is 11.9 Å². The lowest BCUT2D eigenvalue weighted by molar-refractivity contribution is -0.115. The lowest BCUT2D eigenvalue weighted by Crippen LogP contribution is -2.31. The first-order valence-corrected chi connectivity index (χ1v) is 11.1. The van der Waals surface area contributed by atoms with E-state index in [1.165, 1.54) is 6.33 Å². The summed E-state index contributed by atoms with van der Waals surface area (Å²) in [5.41, 5.74) is 8.33. The Labute approximate surface area is 198 Å². The summed E-state index contributed by atoms with van der Waals surface area (Å²) in [4.78, 5) is 16.5. The summed E-state index contributed by atoms with van der Waals surface area (Å²) in [6.45, 7) is 4.36. The number of primary amides is 1. The van der Waals surface area contributed by atoms with Crippen LogP contribution in [0.15, 0.2) is 58.5 Å². The van der Waals surface area contributed by atoms with Crippen LogP contribution in [0.2, 0.25) is 5.02 Å². The molecule has 1 unspecified atom stereocenters. The average molecular weight is 519 g/mol. The lowest BCUT2D eigenvalue weighted by Gasteiger charge is -2.28. The van der Waals surface area contributed by atoms with Crippen LogP contribution in [0.25, 0.3) is 0 Å². The van der Waals surface area contributed by atoms with Crippen LogP contribution < -0.4 is 20.5 Å². The minimum absolute atomic E-state index is 0.268. The van der Waals surface area contributed by atoms with Gasteiger partial charge in [-0.2, -0.15) is 10.1 Å². The second-order valence-electron chi connectivity index (χ2n) is 7.10. The number of carbonyl (C=O) groups is 1. The summed E-state index contributed by atoms with van der Waals surface area (Å²) >= 11 is 9.86. The Hall–Kier alpha value is -3.04. The lowest BCUT2D eigenvalue weighted by atomic mass is 9.95. The van der Waals surface area contributed by atoms with Gasteiger partial charge in [0.2, 0.25) is 11.9 Å². The zero-order valence-electron chi connectivity index (χ0n) is 17.4. The maximum absolute atomic E-state index is 12.3. The molecule has 1 amide bonds. The number of anilines is 1. The van der Waals surface area contributed by atoms with Crippen molar-refractivity contribution < 1.29 is 14.3 Å². The third-order valence-corrected chi connectivity index (χ3v) is 5.99. The van der Waals surface area contributed by atoms with Gasteiger partial charge in [-0.05, 0) is 53.5 Å². The standard InChI is InChI=1S/C22H21BrClN5O3/c1-3-31-17-9-14(8-15(23)20(17)32-10-13-6-4-5-7-16(13)24)19-18(21(25)30)12(2)28-22-26-11-27-29(19)22/h4-9,11,19H,3,10H2,1-2H3,(H2,25,30)(H,26,27,28).